The molecule has 0 aromatic heterocycles. The van der Waals surface area contributed by atoms with Gasteiger partial charge in [0.15, 0.2) is 0 Å². The first-order valence-electron chi connectivity index (χ1n) is 3.77. The lowest BCUT2D eigenvalue weighted by molar-refractivity contribution is -0.139. The van der Waals surface area contributed by atoms with Crippen LogP contribution in [0.3, 0.4) is 0 Å². The van der Waals surface area contributed by atoms with Crippen molar-refractivity contribution in [2.24, 2.45) is 0 Å². The maximum absolute atomic E-state index is 11.1. The van der Waals surface area contributed by atoms with Crippen molar-refractivity contribution in [3.05, 3.63) is 12.2 Å². The Morgan fingerprint density at radius 2 is 2.00 bits per heavy atom. The second-order valence-corrected chi connectivity index (χ2v) is 2.26. The zero-order valence-corrected chi connectivity index (χ0v) is 7.60. The Balaban J connectivity index is 4.28. The van der Waals surface area contributed by atoms with Crippen LogP contribution in [0.25, 0.3) is 0 Å². The molecule has 0 bridgehead atoms. The highest BCUT2D eigenvalue weighted by atomic mass is 16.2. The van der Waals surface area contributed by atoms with Gasteiger partial charge in [-0.1, -0.05) is 6.08 Å². The Bertz CT molecular complexity index is 273. The Hall–Kier alpha value is -1.98. The number of nitrogens with zero attached hydrogens (tertiary/aromatic N) is 1. The number of hydrogen-bond acceptors (Lipinski definition) is 4. The zero-order valence-electron chi connectivity index (χ0n) is 7.60. The molecule has 0 aromatic carbocycles. The molecule has 0 radical (unpaired) electrons. The number of carbonyl (C=O) groups is 4. The van der Waals surface area contributed by atoms with Crippen molar-refractivity contribution >= 4 is 24.6 Å². The van der Waals surface area contributed by atoms with Gasteiger partial charge in [-0.3, -0.25) is 29.4 Å². The maximum atomic E-state index is 11.1. The molecule has 0 atom stereocenters. The van der Waals surface area contributed by atoms with Gasteiger partial charge in [0, 0.05) is 0 Å². The average Bonchev–Trinajstić information content (AvgIpc) is 2.15. The number of amides is 4. The fourth-order valence-corrected chi connectivity index (χ4v) is 0.672. The third-order valence-corrected chi connectivity index (χ3v) is 1.25. The standard InChI is InChI=1S/C8H10N2O4/c1-2-3-8(14)10(6-12)4-7(13)9-5-11/h2-3,5-6H,4H2,1H3,(H,9,11,13)/b3-2-. The molecule has 0 saturated heterocycles. The van der Waals surface area contributed by atoms with Crippen LogP contribution in [0.5, 0.6) is 0 Å². The minimum Gasteiger partial charge on any atom is -0.298 e. The average molecular weight is 198 g/mol. The highest BCUT2D eigenvalue weighted by Crippen LogP contribution is 1.87. The van der Waals surface area contributed by atoms with Crippen molar-refractivity contribution in [2.75, 3.05) is 6.54 Å². The van der Waals surface area contributed by atoms with E-state index in [1.807, 2.05) is 5.32 Å². The Labute approximate surface area is 80.6 Å². The molecule has 0 rings (SSSR count). The van der Waals surface area contributed by atoms with E-state index >= 15 is 0 Å². The van der Waals surface area contributed by atoms with Crippen LogP contribution in [0.1, 0.15) is 6.92 Å². The van der Waals surface area contributed by atoms with E-state index in [1.54, 1.807) is 6.92 Å². The number of allylic oxidation sites excluding steroid dienone is 1. The van der Waals surface area contributed by atoms with Crippen molar-refractivity contribution in [3.63, 3.8) is 0 Å². The van der Waals surface area contributed by atoms with Crippen LogP contribution in [0.2, 0.25) is 0 Å². The van der Waals surface area contributed by atoms with Crippen LogP contribution >= 0.6 is 0 Å². The lowest BCUT2D eigenvalue weighted by Gasteiger charge is -2.10. The van der Waals surface area contributed by atoms with E-state index in [-0.39, 0.29) is 12.8 Å². The summed E-state index contributed by atoms with van der Waals surface area (Å²) in [6.07, 6.45) is 3.00. The summed E-state index contributed by atoms with van der Waals surface area (Å²) in [4.78, 5) is 42.7. The summed E-state index contributed by atoms with van der Waals surface area (Å²) in [7, 11) is 0. The fraction of sp³-hybridized carbons (Fsp3) is 0.250. The quantitative estimate of drug-likeness (QED) is 0.445. The summed E-state index contributed by atoms with van der Waals surface area (Å²) in [6.45, 7) is 1.14. The van der Waals surface area contributed by atoms with E-state index in [9.17, 15) is 19.2 Å². The van der Waals surface area contributed by atoms with Gasteiger partial charge in [-0.25, -0.2) is 0 Å². The minimum atomic E-state index is -0.718. The largest absolute Gasteiger partial charge is 0.298 e. The van der Waals surface area contributed by atoms with Crippen molar-refractivity contribution in [2.45, 2.75) is 6.92 Å². The Kier molecular flexibility index (Phi) is 5.60. The smallest absolute Gasteiger partial charge is 0.253 e. The topological polar surface area (TPSA) is 83.6 Å². The molecule has 0 aliphatic rings. The molecule has 0 fully saturated rings. The minimum absolute atomic E-state index is 0.186. The van der Waals surface area contributed by atoms with Gasteiger partial charge in [0.2, 0.25) is 18.7 Å². The molecule has 0 saturated carbocycles. The molecule has 14 heavy (non-hydrogen) atoms. The number of imide groups is 2. The Morgan fingerprint density at radius 1 is 1.36 bits per heavy atom. The number of rotatable bonds is 5. The van der Waals surface area contributed by atoms with Crippen LogP contribution in [-0.4, -0.2) is 36.1 Å². The number of nitrogens with one attached hydrogen (secondary N) is 1. The first-order valence-corrected chi connectivity index (χ1v) is 3.77. The zero-order chi connectivity index (χ0) is 11.0. The molecule has 76 valence electrons. The van der Waals surface area contributed by atoms with Gasteiger partial charge in [0.05, 0.1) is 0 Å². The van der Waals surface area contributed by atoms with Crippen LogP contribution in [0.4, 0.5) is 0 Å². The van der Waals surface area contributed by atoms with E-state index in [4.69, 9.17) is 0 Å². The molecule has 0 aliphatic carbocycles. The normalized spacial score (nSPS) is 9.50. The first-order chi connectivity index (χ1) is 6.65. The molecule has 6 heteroatoms. The summed E-state index contributed by atoms with van der Waals surface area (Å²) >= 11 is 0. The SMILES string of the molecule is C/C=C\C(=O)N(C=O)CC(=O)NC=O. The number of hydrogen-bond donors (Lipinski definition) is 1. The van der Waals surface area contributed by atoms with E-state index in [0.29, 0.717) is 4.90 Å². The van der Waals surface area contributed by atoms with Crippen LogP contribution < -0.4 is 5.32 Å². The van der Waals surface area contributed by atoms with Crippen molar-refractivity contribution in [3.8, 4) is 0 Å². The summed E-state index contributed by atoms with van der Waals surface area (Å²) in [6, 6.07) is 0. The van der Waals surface area contributed by atoms with Gasteiger partial charge >= 0.3 is 0 Å². The highest BCUT2D eigenvalue weighted by Gasteiger charge is 2.12. The summed E-state index contributed by atoms with van der Waals surface area (Å²) in [5.41, 5.74) is 0. The predicted molar refractivity (Wildman–Crippen MR) is 46.8 cm³/mol. The molecule has 0 aromatic rings. The van der Waals surface area contributed by atoms with E-state index < -0.39 is 18.4 Å². The first kappa shape index (κ1) is 12.0. The fourth-order valence-electron chi connectivity index (χ4n) is 0.672. The molecular formula is C8H10N2O4. The monoisotopic (exact) mass is 198 g/mol. The molecule has 0 aliphatic heterocycles. The lowest BCUT2D eigenvalue weighted by atomic mass is 10.4. The summed E-state index contributed by atoms with van der Waals surface area (Å²) < 4.78 is 0. The summed E-state index contributed by atoms with van der Waals surface area (Å²) in [5, 5.41) is 1.81. The molecule has 4 amide bonds. The molecule has 1 N–H and O–H groups in total. The van der Waals surface area contributed by atoms with Crippen molar-refractivity contribution < 1.29 is 19.2 Å². The third kappa shape index (κ3) is 4.15. The van der Waals surface area contributed by atoms with Gasteiger partial charge < -0.3 is 0 Å². The lowest BCUT2D eigenvalue weighted by Crippen LogP contribution is -2.38. The molecule has 0 unspecified atom stereocenters. The van der Waals surface area contributed by atoms with Gasteiger partial charge in [-0.05, 0) is 13.0 Å². The third-order valence-electron chi connectivity index (χ3n) is 1.25. The van der Waals surface area contributed by atoms with Crippen molar-refractivity contribution in [1.82, 2.24) is 10.2 Å². The molecule has 0 heterocycles. The van der Waals surface area contributed by atoms with Gasteiger partial charge in [-0.15, -0.1) is 0 Å². The van der Waals surface area contributed by atoms with Gasteiger partial charge in [0.1, 0.15) is 6.54 Å². The van der Waals surface area contributed by atoms with Crippen LogP contribution in [0.15, 0.2) is 12.2 Å². The Morgan fingerprint density at radius 3 is 2.43 bits per heavy atom. The highest BCUT2D eigenvalue weighted by molar-refractivity contribution is 5.99. The van der Waals surface area contributed by atoms with Crippen LogP contribution in [-0.2, 0) is 19.2 Å². The molecule has 0 spiro atoms. The number of carbonyl (C=O) groups excluding carboxylic acids is 4. The van der Waals surface area contributed by atoms with Gasteiger partial charge in [-0.2, -0.15) is 0 Å². The van der Waals surface area contributed by atoms with Gasteiger partial charge in [0.25, 0.3) is 5.91 Å². The van der Waals surface area contributed by atoms with Crippen molar-refractivity contribution in [1.29, 1.82) is 0 Å². The predicted octanol–water partition coefficient (Wildman–Crippen LogP) is -1.18. The van der Waals surface area contributed by atoms with E-state index in [0.717, 1.165) is 6.08 Å². The summed E-state index contributed by atoms with van der Waals surface area (Å²) in [5.74, 6) is -1.33. The van der Waals surface area contributed by atoms with Crippen LogP contribution in [0, 0.1) is 0 Å². The maximum Gasteiger partial charge on any atom is 0.253 e. The molecule has 6 nitrogen and oxygen atoms in total. The second kappa shape index (κ2) is 6.53. The van der Waals surface area contributed by atoms with E-state index in [1.165, 1.54) is 6.08 Å². The molecular weight excluding hydrogens is 188 g/mol. The second-order valence-electron chi connectivity index (χ2n) is 2.26. The van der Waals surface area contributed by atoms with E-state index in [2.05, 4.69) is 0 Å².